The van der Waals surface area contributed by atoms with Gasteiger partial charge in [0.2, 0.25) is 6.79 Å². The molecule has 2 aromatic carbocycles. The molecule has 1 saturated heterocycles. The molecule has 174 valence electrons. The molecule has 1 aromatic heterocycles. The Morgan fingerprint density at radius 2 is 1.82 bits per heavy atom. The van der Waals surface area contributed by atoms with Crippen molar-refractivity contribution in [3.63, 3.8) is 0 Å². The Kier molecular flexibility index (Phi) is 5.28. The minimum atomic E-state index is -4.49. The fraction of sp³-hybridized carbons (Fsp3) is 0.364. The molecule has 2 aliphatic heterocycles. The summed E-state index contributed by atoms with van der Waals surface area (Å²) in [6.45, 7) is 4.41. The predicted molar refractivity (Wildman–Crippen MR) is 117 cm³/mol. The second-order valence-corrected chi connectivity index (χ2v) is 7.93. The number of rotatable bonds is 4. The molecule has 3 N–H and O–H groups in total. The van der Waals surface area contributed by atoms with E-state index >= 15 is 0 Å². The SMILES string of the molecule is C[C@@H](Nc1ncnc2c3c(c(N4CCOCC4)cc12)OCO3)c1cc(N)cc(C(F)(F)F)c1. The maximum absolute atomic E-state index is 13.3. The predicted octanol–water partition coefficient (Wildman–Crippen LogP) is 3.97. The van der Waals surface area contributed by atoms with Crippen LogP contribution in [0.3, 0.4) is 0 Å². The van der Waals surface area contributed by atoms with Crippen molar-refractivity contribution in [3.8, 4) is 11.5 Å². The quantitative estimate of drug-likeness (QED) is 0.564. The lowest BCUT2D eigenvalue weighted by Crippen LogP contribution is -2.36. The molecule has 0 unspecified atom stereocenters. The number of nitrogen functional groups attached to an aromatic ring is 1. The molecule has 0 saturated carbocycles. The van der Waals surface area contributed by atoms with Gasteiger partial charge < -0.3 is 30.2 Å². The minimum absolute atomic E-state index is 0.0407. The van der Waals surface area contributed by atoms with Crippen LogP contribution in [-0.4, -0.2) is 43.1 Å². The number of nitrogens with two attached hydrogens (primary N) is 1. The minimum Gasteiger partial charge on any atom is -0.451 e. The highest BCUT2D eigenvalue weighted by molar-refractivity contribution is 5.99. The summed E-state index contributed by atoms with van der Waals surface area (Å²) in [6.07, 6.45) is -3.11. The second-order valence-electron chi connectivity index (χ2n) is 7.93. The van der Waals surface area contributed by atoms with Crippen molar-refractivity contribution in [3.05, 3.63) is 41.7 Å². The maximum atomic E-state index is 13.3. The van der Waals surface area contributed by atoms with Gasteiger partial charge in [-0.2, -0.15) is 13.2 Å². The van der Waals surface area contributed by atoms with E-state index in [4.69, 9.17) is 19.9 Å². The van der Waals surface area contributed by atoms with Gasteiger partial charge in [-0.3, -0.25) is 0 Å². The van der Waals surface area contributed by atoms with Gasteiger partial charge in [-0.05, 0) is 36.8 Å². The van der Waals surface area contributed by atoms with Crippen molar-refractivity contribution >= 4 is 28.1 Å². The van der Waals surface area contributed by atoms with Gasteiger partial charge in [0.15, 0.2) is 11.5 Å². The van der Waals surface area contributed by atoms with E-state index in [1.165, 1.54) is 12.4 Å². The fourth-order valence-corrected chi connectivity index (χ4v) is 4.09. The average Bonchev–Trinajstić information content (AvgIpc) is 3.29. The van der Waals surface area contributed by atoms with Gasteiger partial charge in [-0.15, -0.1) is 0 Å². The topological polar surface area (TPSA) is 94.8 Å². The lowest BCUT2D eigenvalue weighted by molar-refractivity contribution is -0.137. The number of alkyl halides is 3. The number of hydrogen-bond acceptors (Lipinski definition) is 8. The van der Waals surface area contributed by atoms with Gasteiger partial charge in [0.25, 0.3) is 0 Å². The van der Waals surface area contributed by atoms with Gasteiger partial charge in [0.1, 0.15) is 17.7 Å². The Labute approximate surface area is 187 Å². The number of halogens is 3. The van der Waals surface area contributed by atoms with E-state index in [9.17, 15) is 13.2 Å². The van der Waals surface area contributed by atoms with Gasteiger partial charge in [0.05, 0.1) is 30.5 Å². The first kappa shape index (κ1) is 21.4. The number of nitrogens with one attached hydrogen (secondary N) is 1. The molecule has 1 atom stereocenters. The fourth-order valence-electron chi connectivity index (χ4n) is 4.09. The number of aromatic nitrogens is 2. The first-order valence-electron chi connectivity index (χ1n) is 10.5. The number of anilines is 3. The van der Waals surface area contributed by atoms with E-state index in [-0.39, 0.29) is 12.5 Å². The summed E-state index contributed by atoms with van der Waals surface area (Å²) in [7, 11) is 0. The van der Waals surface area contributed by atoms with E-state index in [1.807, 2.05) is 6.07 Å². The molecular formula is C22H22F3N5O3. The third-order valence-corrected chi connectivity index (χ3v) is 5.74. The van der Waals surface area contributed by atoms with Crippen LogP contribution < -0.4 is 25.4 Å². The van der Waals surface area contributed by atoms with Crippen LogP contribution in [0.25, 0.3) is 10.9 Å². The smallest absolute Gasteiger partial charge is 0.416 e. The zero-order valence-electron chi connectivity index (χ0n) is 17.8. The van der Waals surface area contributed by atoms with Crippen LogP contribution >= 0.6 is 0 Å². The highest BCUT2D eigenvalue weighted by Gasteiger charge is 2.32. The molecule has 5 rings (SSSR count). The summed E-state index contributed by atoms with van der Waals surface area (Å²) < 4.78 is 56.7. The Morgan fingerprint density at radius 3 is 2.58 bits per heavy atom. The van der Waals surface area contributed by atoms with Gasteiger partial charge in [-0.1, -0.05) is 0 Å². The molecule has 3 heterocycles. The molecule has 0 radical (unpaired) electrons. The first-order chi connectivity index (χ1) is 15.8. The average molecular weight is 461 g/mol. The van der Waals surface area contributed by atoms with Crippen LogP contribution in [0.2, 0.25) is 0 Å². The number of ether oxygens (including phenoxy) is 3. The van der Waals surface area contributed by atoms with Crippen molar-refractivity contribution in [2.75, 3.05) is 49.0 Å². The Bertz CT molecular complexity index is 1200. The summed E-state index contributed by atoms with van der Waals surface area (Å²) in [5.74, 6) is 1.61. The molecule has 3 aromatic rings. The van der Waals surface area contributed by atoms with Gasteiger partial charge in [0, 0.05) is 24.2 Å². The van der Waals surface area contributed by atoms with Crippen LogP contribution in [-0.2, 0) is 10.9 Å². The summed E-state index contributed by atoms with van der Waals surface area (Å²) in [6, 6.07) is 4.94. The summed E-state index contributed by atoms with van der Waals surface area (Å²) in [5, 5.41) is 3.89. The van der Waals surface area contributed by atoms with Crippen molar-refractivity contribution in [1.82, 2.24) is 9.97 Å². The zero-order valence-corrected chi connectivity index (χ0v) is 17.8. The number of fused-ring (bicyclic) bond motifs is 3. The van der Waals surface area contributed by atoms with E-state index in [1.54, 1.807) is 6.92 Å². The molecule has 1 fully saturated rings. The molecule has 33 heavy (non-hydrogen) atoms. The van der Waals surface area contributed by atoms with Crippen LogP contribution in [0.1, 0.15) is 24.1 Å². The molecule has 8 nitrogen and oxygen atoms in total. The van der Waals surface area contributed by atoms with Crippen molar-refractivity contribution < 1.29 is 27.4 Å². The molecular weight excluding hydrogens is 439 g/mol. The number of benzene rings is 2. The number of morpholine rings is 1. The van der Waals surface area contributed by atoms with Gasteiger partial charge in [-0.25, -0.2) is 9.97 Å². The van der Waals surface area contributed by atoms with Gasteiger partial charge >= 0.3 is 6.18 Å². The molecule has 0 spiro atoms. The number of hydrogen-bond donors (Lipinski definition) is 2. The molecule has 0 aliphatic carbocycles. The molecule has 2 aliphatic rings. The maximum Gasteiger partial charge on any atom is 0.416 e. The summed E-state index contributed by atoms with van der Waals surface area (Å²) in [5.41, 5.74) is 6.78. The van der Waals surface area contributed by atoms with E-state index in [0.29, 0.717) is 60.1 Å². The highest BCUT2D eigenvalue weighted by atomic mass is 19.4. The molecule has 0 bridgehead atoms. The van der Waals surface area contributed by atoms with Crippen molar-refractivity contribution in [2.24, 2.45) is 0 Å². The Balaban J connectivity index is 1.55. The van der Waals surface area contributed by atoms with Crippen molar-refractivity contribution in [2.45, 2.75) is 19.1 Å². The van der Waals surface area contributed by atoms with Crippen LogP contribution in [0.4, 0.5) is 30.4 Å². The normalized spacial score (nSPS) is 16.8. The largest absolute Gasteiger partial charge is 0.451 e. The third-order valence-electron chi connectivity index (χ3n) is 5.74. The monoisotopic (exact) mass is 461 g/mol. The van der Waals surface area contributed by atoms with Crippen LogP contribution in [0.15, 0.2) is 30.6 Å². The summed E-state index contributed by atoms with van der Waals surface area (Å²) in [4.78, 5) is 10.9. The zero-order chi connectivity index (χ0) is 23.2. The van der Waals surface area contributed by atoms with Crippen molar-refractivity contribution in [1.29, 1.82) is 0 Å². The Morgan fingerprint density at radius 1 is 1.06 bits per heavy atom. The Hall–Kier alpha value is -3.47. The van der Waals surface area contributed by atoms with E-state index in [0.717, 1.165) is 17.8 Å². The van der Waals surface area contributed by atoms with Crippen LogP contribution in [0.5, 0.6) is 11.5 Å². The van der Waals surface area contributed by atoms with E-state index in [2.05, 4.69) is 20.2 Å². The summed E-state index contributed by atoms with van der Waals surface area (Å²) >= 11 is 0. The third kappa shape index (κ3) is 4.04. The second kappa shape index (κ2) is 8.14. The van der Waals surface area contributed by atoms with E-state index < -0.39 is 17.8 Å². The highest BCUT2D eigenvalue weighted by Crippen LogP contribution is 2.47. The molecule has 0 amide bonds. The number of nitrogens with zero attached hydrogens (tertiary/aromatic N) is 3. The first-order valence-corrected chi connectivity index (χ1v) is 10.5. The lowest BCUT2D eigenvalue weighted by Gasteiger charge is -2.30. The standard InChI is InChI=1S/C22H22F3N5O3/c1-12(13-6-14(22(23,24)25)8-15(26)7-13)29-21-16-9-17(30-2-4-31-5-3-30)19-20(33-11-32-19)18(16)27-10-28-21/h6-10,12H,2-5,11,26H2,1H3,(H,27,28,29)/t12-/m1/s1. The lowest BCUT2D eigenvalue weighted by atomic mass is 10.0. The van der Waals surface area contributed by atoms with Crippen LogP contribution in [0, 0.1) is 0 Å². The molecule has 11 heteroatoms.